The summed E-state index contributed by atoms with van der Waals surface area (Å²) in [5.74, 6) is 0.330. The minimum Gasteiger partial charge on any atom is -0.366 e. The highest BCUT2D eigenvalue weighted by Crippen LogP contribution is 2.36. The molecule has 42 heavy (non-hydrogen) atoms. The summed E-state index contributed by atoms with van der Waals surface area (Å²) < 4.78 is 16.8. The number of aromatic nitrogens is 1. The highest BCUT2D eigenvalue weighted by molar-refractivity contribution is 8.26. The van der Waals surface area contributed by atoms with Crippen molar-refractivity contribution in [2.24, 2.45) is 0 Å². The molecular weight excluding hydrogens is 570 g/mol. The summed E-state index contributed by atoms with van der Waals surface area (Å²) in [5.41, 5.74) is 1.61. The summed E-state index contributed by atoms with van der Waals surface area (Å²) in [6.07, 6.45) is 8.93. The first-order chi connectivity index (χ1) is 20.3. The van der Waals surface area contributed by atoms with Gasteiger partial charge in [-0.1, -0.05) is 82.1 Å². The van der Waals surface area contributed by atoms with Gasteiger partial charge in [-0.05, 0) is 43.5 Å². The minimum absolute atomic E-state index is 0.0949. The van der Waals surface area contributed by atoms with Crippen LogP contribution in [0.5, 0.6) is 0 Å². The van der Waals surface area contributed by atoms with E-state index in [1.807, 2.05) is 17.0 Å². The number of pyridine rings is 1. The van der Waals surface area contributed by atoms with E-state index in [9.17, 15) is 19.2 Å². The fourth-order valence-corrected chi connectivity index (χ4v) is 6.86. The smallest absolute Gasteiger partial charge is 0.270 e. The standard InChI is InChI=1S/C32H40FN5O2S2/c1-4-6-8-9-12-16-38-31(40)28(42-32(38)41)21-24-23(3)25(22-34)30(39)37(15-7-5-2)29(24)36-19-17-35(18-20-36)27-14-11-10-13-26(27)33/h10-11,13-14,21H,4-9,12,15-20H2,1-3H3. The second kappa shape index (κ2) is 14.8. The first-order valence-corrected chi connectivity index (χ1v) is 16.2. The Hall–Kier alpha value is -3.16. The number of nitriles is 1. The van der Waals surface area contributed by atoms with Gasteiger partial charge in [-0.3, -0.25) is 19.1 Å². The number of piperazine rings is 1. The number of para-hydroxylation sites is 1. The Morgan fingerprint density at radius 3 is 2.31 bits per heavy atom. The van der Waals surface area contributed by atoms with Gasteiger partial charge in [-0.15, -0.1) is 0 Å². The summed E-state index contributed by atoms with van der Waals surface area (Å²) in [4.78, 5) is 33.5. The van der Waals surface area contributed by atoms with E-state index in [1.165, 1.54) is 24.2 Å². The molecule has 4 rings (SSSR count). The van der Waals surface area contributed by atoms with E-state index in [0.717, 1.165) is 38.5 Å². The van der Waals surface area contributed by atoms with Crippen molar-refractivity contribution in [3.05, 3.63) is 62.0 Å². The first-order valence-electron chi connectivity index (χ1n) is 15.0. The Bertz CT molecular complexity index is 1440. The molecular formula is C32H40FN5O2S2. The average Bonchev–Trinajstić information content (AvgIpc) is 3.25. The first kappa shape index (κ1) is 31.8. The predicted molar refractivity (Wildman–Crippen MR) is 175 cm³/mol. The van der Waals surface area contributed by atoms with Crippen LogP contribution >= 0.6 is 24.0 Å². The molecule has 0 saturated carbocycles. The van der Waals surface area contributed by atoms with E-state index in [2.05, 4.69) is 24.8 Å². The number of unbranched alkanes of at least 4 members (excludes halogenated alkanes) is 5. The molecule has 2 aromatic rings. The van der Waals surface area contributed by atoms with Crippen LogP contribution in [-0.4, -0.2) is 52.4 Å². The zero-order chi connectivity index (χ0) is 30.2. The molecule has 0 spiro atoms. The molecule has 1 amide bonds. The highest BCUT2D eigenvalue weighted by atomic mass is 32.2. The number of benzene rings is 1. The van der Waals surface area contributed by atoms with Crippen LogP contribution in [0.4, 0.5) is 15.9 Å². The number of carbonyl (C=O) groups excluding carboxylic acids is 1. The molecule has 0 radical (unpaired) electrons. The van der Waals surface area contributed by atoms with Gasteiger partial charge in [-0.25, -0.2) is 4.39 Å². The van der Waals surface area contributed by atoms with Crippen LogP contribution in [0, 0.1) is 24.1 Å². The van der Waals surface area contributed by atoms with E-state index in [0.29, 0.717) is 71.1 Å². The average molecular weight is 610 g/mol. The van der Waals surface area contributed by atoms with E-state index in [1.54, 1.807) is 28.5 Å². The van der Waals surface area contributed by atoms with Crippen molar-refractivity contribution in [3.8, 4) is 6.07 Å². The van der Waals surface area contributed by atoms with Gasteiger partial charge in [0.25, 0.3) is 11.5 Å². The molecule has 1 aromatic carbocycles. The molecule has 0 N–H and O–H groups in total. The topological polar surface area (TPSA) is 72.6 Å². The molecule has 0 atom stereocenters. The Labute approximate surface area is 258 Å². The molecule has 3 heterocycles. The van der Waals surface area contributed by atoms with Gasteiger partial charge in [0.05, 0.1) is 10.6 Å². The predicted octanol–water partition coefficient (Wildman–Crippen LogP) is 6.47. The number of thiocarbonyl (C=S) groups is 1. The quantitative estimate of drug-likeness (QED) is 0.155. The number of amides is 1. The molecule has 2 fully saturated rings. The lowest BCUT2D eigenvalue weighted by Gasteiger charge is -2.39. The molecule has 0 aliphatic carbocycles. The second-order valence-electron chi connectivity index (χ2n) is 10.8. The van der Waals surface area contributed by atoms with Gasteiger partial charge in [0.15, 0.2) is 0 Å². The van der Waals surface area contributed by atoms with Gasteiger partial charge < -0.3 is 9.80 Å². The summed E-state index contributed by atoms with van der Waals surface area (Å²) in [6.45, 7) is 9.34. The van der Waals surface area contributed by atoms with Gasteiger partial charge >= 0.3 is 0 Å². The van der Waals surface area contributed by atoms with Crippen LogP contribution < -0.4 is 15.4 Å². The lowest BCUT2D eigenvalue weighted by Crippen LogP contribution is -2.49. The number of hydrogen-bond donors (Lipinski definition) is 0. The lowest BCUT2D eigenvalue weighted by molar-refractivity contribution is -0.122. The summed E-state index contributed by atoms with van der Waals surface area (Å²) in [5, 5.41) is 9.98. The third-order valence-corrected chi connectivity index (χ3v) is 9.37. The molecule has 0 bridgehead atoms. The number of carbonyl (C=O) groups is 1. The van der Waals surface area contributed by atoms with E-state index < -0.39 is 0 Å². The SMILES string of the molecule is CCCCCCCN1C(=O)C(=Cc2c(C)c(C#N)c(=O)n(CCCC)c2N2CCN(c3ccccc3F)CC2)SC1=S. The third kappa shape index (κ3) is 6.90. The summed E-state index contributed by atoms with van der Waals surface area (Å²) >= 11 is 6.88. The maximum Gasteiger partial charge on any atom is 0.270 e. The van der Waals surface area contributed by atoms with Crippen molar-refractivity contribution in [1.82, 2.24) is 9.47 Å². The molecule has 1 aromatic heterocycles. The van der Waals surface area contributed by atoms with Crippen LogP contribution in [0.1, 0.15) is 75.5 Å². The molecule has 2 aliphatic heterocycles. The van der Waals surface area contributed by atoms with E-state index in [4.69, 9.17) is 12.2 Å². The minimum atomic E-state index is -0.313. The summed E-state index contributed by atoms with van der Waals surface area (Å²) in [6, 6.07) is 8.89. The van der Waals surface area contributed by atoms with Gasteiger partial charge in [0, 0.05) is 44.8 Å². The largest absolute Gasteiger partial charge is 0.366 e. The third-order valence-electron chi connectivity index (χ3n) is 7.99. The molecule has 224 valence electrons. The number of hydrogen-bond acceptors (Lipinski definition) is 7. The molecule has 0 unspecified atom stereocenters. The molecule has 10 heteroatoms. The number of anilines is 2. The van der Waals surface area contributed by atoms with Gasteiger partial charge in [-0.2, -0.15) is 5.26 Å². The maximum absolute atomic E-state index is 14.5. The normalized spacial score (nSPS) is 16.5. The highest BCUT2D eigenvalue weighted by Gasteiger charge is 2.33. The number of rotatable bonds is 12. The molecule has 2 saturated heterocycles. The van der Waals surface area contributed by atoms with Crippen molar-refractivity contribution < 1.29 is 9.18 Å². The van der Waals surface area contributed by atoms with Gasteiger partial charge in [0.2, 0.25) is 0 Å². The Kier molecular flexibility index (Phi) is 11.2. The lowest BCUT2D eigenvalue weighted by atomic mass is 10.0. The Balaban J connectivity index is 1.70. The van der Waals surface area contributed by atoms with Crippen LogP contribution in [0.15, 0.2) is 34.0 Å². The van der Waals surface area contributed by atoms with Crippen LogP contribution in [0.25, 0.3) is 6.08 Å². The van der Waals surface area contributed by atoms with Crippen molar-refractivity contribution in [1.29, 1.82) is 5.26 Å². The molecule has 2 aliphatic rings. The Morgan fingerprint density at radius 1 is 0.976 bits per heavy atom. The van der Waals surface area contributed by atoms with Crippen LogP contribution in [0.3, 0.4) is 0 Å². The molecule has 7 nitrogen and oxygen atoms in total. The van der Waals surface area contributed by atoms with E-state index in [-0.39, 0.29) is 22.8 Å². The number of nitrogens with zero attached hydrogens (tertiary/aromatic N) is 5. The summed E-state index contributed by atoms with van der Waals surface area (Å²) in [7, 11) is 0. The van der Waals surface area contributed by atoms with Gasteiger partial charge in [0.1, 0.15) is 27.6 Å². The fourth-order valence-electron chi connectivity index (χ4n) is 5.57. The van der Waals surface area contributed by atoms with E-state index >= 15 is 0 Å². The van der Waals surface area contributed by atoms with Crippen molar-refractivity contribution in [2.45, 2.75) is 72.3 Å². The van der Waals surface area contributed by atoms with Crippen LogP contribution in [0.2, 0.25) is 0 Å². The Morgan fingerprint density at radius 2 is 1.64 bits per heavy atom. The second-order valence-corrected chi connectivity index (χ2v) is 12.5. The monoisotopic (exact) mass is 609 g/mol. The van der Waals surface area contributed by atoms with Crippen molar-refractivity contribution >= 4 is 51.8 Å². The maximum atomic E-state index is 14.5. The fraction of sp³-hybridized carbons (Fsp3) is 0.500. The van der Waals surface area contributed by atoms with Crippen molar-refractivity contribution in [3.63, 3.8) is 0 Å². The number of halogens is 1. The zero-order valence-corrected chi connectivity index (χ0v) is 26.5. The van der Waals surface area contributed by atoms with Crippen molar-refractivity contribution in [2.75, 3.05) is 42.5 Å². The number of thioether (sulfide) groups is 1. The van der Waals surface area contributed by atoms with Crippen LogP contribution in [-0.2, 0) is 11.3 Å². The zero-order valence-electron chi connectivity index (χ0n) is 24.8.